The van der Waals surface area contributed by atoms with Gasteiger partial charge in [-0.2, -0.15) is 0 Å². The summed E-state index contributed by atoms with van der Waals surface area (Å²) in [6.07, 6.45) is 8.30. The molecule has 0 radical (unpaired) electrons. The lowest BCUT2D eigenvalue weighted by Crippen LogP contribution is -2.46. The first kappa shape index (κ1) is 18.6. The molecule has 6 heteroatoms. The quantitative estimate of drug-likeness (QED) is 0.846. The highest BCUT2D eigenvalue weighted by molar-refractivity contribution is 5.40. The Morgan fingerprint density at radius 2 is 1.82 bits per heavy atom. The summed E-state index contributed by atoms with van der Waals surface area (Å²) in [6, 6.07) is 0.754. The fourth-order valence-electron chi connectivity index (χ4n) is 6.08. The first-order chi connectivity index (χ1) is 13.5. The van der Waals surface area contributed by atoms with Gasteiger partial charge in [0.05, 0.1) is 18.9 Å². The fourth-order valence-corrected chi connectivity index (χ4v) is 6.08. The van der Waals surface area contributed by atoms with E-state index in [1.165, 1.54) is 19.3 Å². The largest absolute Gasteiger partial charge is 0.378 e. The average Bonchev–Trinajstić information content (AvgIpc) is 3.24. The number of anilines is 1. The SMILES string of the molecule is CC1(C)CCC(N2CCC3(CCc4c3nc(N3CCOCC3)[nH]c4=O)CC2)C1. The van der Waals surface area contributed by atoms with Crippen molar-refractivity contribution < 1.29 is 4.74 Å². The third-order valence-electron chi connectivity index (χ3n) is 7.88. The molecule has 3 fully saturated rings. The van der Waals surface area contributed by atoms with E-state index in [1.807, 2.05) is 0 Å². The lowest BCUT2D eigenvalue weighted by Gasteiger charge is -2.42. The molecule has 2 aliphatic carbocycles. The summed E-state index contributed by atoms with van der Waals surface area (Å²) >= 11 is 0. The second kappa shape index (κ2) is 6.84. The lowest BCUT2D eigenvalue weighted by molar-refractivity contribution is 0.109. The van der Waals surface area contributed by atoms with Crippen LogP contribution in [0.1, 0.15) is 63.6 Å². The minimum atomic E-state index is 0.0864. The normalized spacial score (nSPS) is 29.4. The first-order valence-electron chi connectivity index (χ1n) is 11.2. The number of rotatable bonds is 2. The molecule has 0 bridgehead atoms. The van der Waals surface area contributed by atoms with Crippen LogP contribution in [0.4, 0.5) is 5.95 Å². The van der Waals surface area contributed by atoms with Crippen molar-refractivity contribution in [2.75, 3.05) is 44.3 Å². The molecule has 5 rings (SSSR count). The van der Waals surface area contributed by atoms with E-state index in [1.54, 1.807) is 0 Å². The summed E-state index contributed by atoms with van der Waals surface area (Å²) in [7, 11) is 0. The molecule has 1 spiro atoms. The van der Waals surface area contributed by atoms with Crippen molar-refractivity contribution in [2.45, 2.75) is 70.3 Å². The summed E-state index contributed by atoms with van der Waals surface area (Å²) in [4.78, 5) is 25.8. The van der Waals surface area contributed by atoms with Gasteiger partial charge in [0.2, 0.25) is 5.95 Å². The summed E-state index contributed by atoms with van der Waals surface area (Å²) in [5.74, 6) is 0.758. The van der Waals surface area contributed by atoms with Crippen LogP contribution in [0.15, 0.2) is 4.79 Å². The highest BCUT2D eigenvalue weighted by Crippen LogP contribution is 2.47. The Kier molecular flexibility index (Phi) is 4.55. The predicted octanol–water partition coefficient (Wildman–Crippen LogP) is 2.47. The van der Waals surface area contributed by atoms with Crippen LogP contribution in [0.3, 0.4) is 0 Å². The Bertz CT molecular complexity index is 788. The molecule has 1 atom stereocenters. The van der Waals surface area contributed by atoms with Gasteiger partial charge in [0, 0.05) is 30.1 Å². The lowest BCUT2D eigenvalue weighted by atomic mass is 9.75. The highest BCUT2D eigenvalue weighted by atomic mass is 16.5. The van der Waals surface area contributed by atoms with Crippen LogP contribution in [0.2, 0.25) is 0 Å². The number of hydrogen-bond donors (Lipinski definition) is 1. The van der Waals surface area contributed by atoms with Crippen LogP contribution in [-0.2, 0) is 16.6 Å². The van der Waals surface area contributed by atoms with Gasteiger partial charge in [-0.1, -0.05) is 13.8 Å². The molecule has 0 amide bonds. The molecule has 4 aliphatic rings. The molecule has 154 valence electrons. The molecule has 2 aliphatic heterocycles. The van der Waals surface area contributed by atoms with Gasteiger partial charge in [-0.3, -0.25) is 9.78 Å². The van der Waals surface area contributed by atoms with Crippen LogP contribution >= 0.6 is 0 Å². The van der Waals surface area contributed by atoms with E-state index in [2.05, 4.69) is 28.6 Å². The van der Waals surface area contributed by atoms with E-state index < -0.39 is 0 Å². The maximum Gasteiger partial charge on any atom is 0.255 e. The number of aromatic amines is 1. The van der Waals surface area contributed by atoms with Crippen LogP contribution < -0.4 is 10.5 Å². The second-order valence-electron chi connectivity index (χ2n) is 10.2. The molecule has 1 aromatic heterocycles. The molecule has 28 heavy (non-hydrogen) atoms. The molecule has 0 aromatic carbocycles. The number of morpholine rings is 1. The number of fused-ring (bicyclic) bond motifs is 2. The van der Waals surface area contributed by atoms with E-state index in [-0.39, 0.29) is 11.0 Å². The van der Waals surface area contributed by atoms with Crippen LogP contribution in [0.5, 0.6) is 0 Å². The average molecular weight is 387 g/mol. The van der Waals surface area contributed by atoms with Gasteiger partial charge in [-0.15, -0.1) is 0 Å². The summed E-state index contributed by atoms with van der Waals surface area (Å²) < 4.78 is 5.46. The van der Waals surface area contributed by atoms with Crippen LogP contribution in [0, 0.1) is 5.41 Å². The van der Waals surface area contributed by atoms with Gasteiger partial charge in [-0.25, -0.2) is 4.98 Å². The number of likely N-dealkylation sites (tertiary alicyclic amines) is 1. The number of piperidine rings is 1. The Balaban J connectivity index is 1.36. The predicted molar refractivity (Wildman–Crippen MR) is 110 cm³/mol. The Hall–Kier alpha value is -1.40. The van der Waals surface area contributed by atoms with Crippen molar-refractivity contribution in [3.05, 3.63) is 21.6 Å². The molecule has 2 saturated heterocycles. The summed E-state index contributed by atoms with van der Waals surface area (Å²) in [6.45, 7) is 10.2. The molecular weight excluding hydrogens is 352 g/mol. The van der Waals surface area contributed by atoms with E-state index in [0.29, 0.717) is 18.6 Å². The topological polar surface area (TPSA) is 61.5 Å². The van der Waals surface area contributed by atoms with E-state index in [0.717, 1.165) is 75.1 Å². The Morgan fingerprint density at radius 3 is 2.50 bits per heavy atom. The minimum Gasteiger partial charge on any atom is -0.378 e. The van der Waals surface area contributed by atoms with Gasteiger partial charge in [0.15, 0.2) is 0 Å². The van der Waals surface area contributed by atoms with Crippen molar-refractivity contribution in [3.63, 3.8) is 0 Å². The first-order valence-corrected chi connectivity index (χ1v) is 11.2. The fraction of sp³-hybridized carbons (Fsp3) is 0.818. The summed E-state index contributed by atoms with van der Waals surface area (Å²) in [5, 5.41) is 0. The minimum absolute atomic E-state index is 0.0864. The van der Waals surface area contributed by atoms with E-state index in [9.17, 15) is 4.79 Å². The van der Waals surface area contributed by atoms with Crippen molar-refractivity contribution in [1.29, 1.82) is 0 Å². The third kappa shape index (κ3) is 3.18. The van der Waals surface area contributed by atoms with Crippen molar-refractivity contribution in [2.24, 2.45) is 5.41 Å². The molecule has 1 N–H and O–H groups in total. The zero-order chi connectivity index (χ0) is 19.4. The monoisotopic (exact) mass is 386 g/mol. The van der Waals surface area contributed by atoms with Gasteiger partial charge < -0.3 is 14.5 Å². The molecular formula is C22H34N4O2. The number of aromatic nitrogens is 2. The van der Waals surface area contributed by atoms with Gasteiger partial charge >= 0.3 is 0 Å². The third-order valence-corrected chi connectivity index (χ3v) is 7.88. The highest BCUT2D eigenvalue weighted by Gasteiger charge is 2.46. The number of H-pyrrole nitrogens is 1. The maximum absolute atomic E-state index is 12.8. The van der Waals surface area contributed by atoms with Gasteiger partial charge in [0.1, 0.15) is 0 Å². The Morgan fingerprint density at radius 1 is 1.07 bits per heavy atom. The molecule has 3 heterocycles. The molecule has 1 aromatic rings. The molecule has 1 saturated carbocycles. The van der Waals surface area contributed by atoms with Crippen molar-refractivity contribution in [3.8, 4) is 0 Å². The summed E-state index contributed by atoms with van der Waals surface area (Å²) in [5.41, 5.74) is 2.77. The smallest absolute Gasteiger partial charge is 0.255 e. The van der Waals surface area contributed by atoms with E-state index in [4.69, 9.17) is 9.72 Å². The zero-order valence-corrected chi connectivity index (χ0v) is 17.4. The maximum atomic E-state index is 12.8. The second-order valence-corrected chi connectivity index (χ2v) is 10.2. The standard InChI is InChI=1S/C22H34N4O2/c1-21(2)5-3-16(15-21)25-9-7-22(8-10-25)6-4-17-18(22)23-20(24-19(17)27)26-11-13-28-14-12-26/h16H,3-15H2,1-2H3,(H,23,24,27). The number of nitrogens with zero attached hydrogens (tertiary/aromatic N) is 3. The van der Waals surface area contributed by atoms with Crippen LogP contribution in [-0.4, -0.2) is 60.3 Å². The van der Waals surface area contributed by atoms with Crippen molar-refractivity contribution >= 4 is 5.95 Å². The molecule has 1 unspecified atom stereocenters. The number of ether oxygens (including phenoxy) is 1. The van der Waals surface area contributed by atoms with Gasteiger partial charge in [-0.05, 0) is 63.5 Å². The van der Waals surface area contributed by atoms with Crippen LogP contribution in [0.25, 0.3) is 0 Å². The Labute approximate surface area is 167 Å². The number of hydrogen-bond acceptors (Lipinski definition) is 5. The zero-order valence-electron chi connectivity index (χ0n) is 17.4. The van der Waals surface area contributed by atoms with Gasteiger partial charge in [0.25, 0.3) is 5.56 Å². The van der Waals surface area contributed by atoms with Crippen molar-refractivity contribution in [1.82, 2.24) is 14.9 Å². The van der Waals surface area contributed by atoms with E-state index >= 15 is 0 Å². The molecule has 6 nitrogen and oxygen atoms in total. The number of nitrogens with one attached hydrogen (secondary N) is 1.